The number of phosphoric ester groups is 1. The van der Waals surface area contributed by atoms with E-state index in [1.54, 1.807) is 0 Å². The van der Waals surface area contributed by atoms with E-state index in [4.69, 9.17) is 18.5 Å². The van der Waals surface area contributed by atoms with Crippen molar-refractivity contribution < 1.29 is 42.1 Å². The molecule has 58 heavy (non-hydrogen) atoms. The number of carbonyl (C=O) groups is 2. The van der Waals surface area contributed by atoms with E-state index in [1.165, 1.54) is 161 Å². The summed E-state index contributed by atoms with van der Waals surface area (Å²) in [5.41, 5.74) is 0. The lowest BCUT2D eigenvalue weighted by molar-refractivity contribution is -0.914. The van der Waals surface area contributed by atoms with Gasteiger partial charge in [0, 0.05) is 12.8 Å². The maximum absolute atomic E-state index is 12.8. The molecule has 1 aliphatic heterocycles. The molecular formula is C48H96NO8P. The molecule has 0 spiro atoms. The van der Waals surface area contributed by atoms with Crippen molar-refractivity contribution in [1.82, 2.24) is 0 Å². The van der Waals surface area contributed by atoms with Gasteiger partial charge in [-0.05, 0) is 32.1 Å². The molecule has 1 fully saturated rings. The summed E-state index contributed by atoms with van der Waals surface area (Å²) in [4.78, 5) is 38.0. The van der Waals surface area contributed by atoms with Gasteiger partial charge in [0.15, 0.2) is 6.10 Å². The van der Waals surface area contributed by atoms with Crippen molar-refractivity contribution in [3.8, 4) is 0 Å². The second-order valence-corrected chi connectivity index (χ2v) is 19.0. The molecule has 0 aromatic heterocycles. The normalized spacial score (nSPS) is 15.4. The number of phosphoric acid groups is 1. The van der Waals surface area contributed by atoms with Crippen molar-refractivity contribution in [2.75, 3.05) is 46.5 Å². The van der Waals surface area contributed by atoms with Crippen LogP contribution in [-0.4, -0.2) is 69.0 Å². The molecule has 0 bridgehead atoms. The number of rotatable bonds is 42. The highest BCUT2D eigenvalue weighted by molar-refractivity contribution is 7.45. The highest BCUT2D eigenvalue weighted by Gasteiger charge is 2.26. The quantitative estimate of drug-likeness (QED) is 0.0258. The molecule has 0 aromatic carbocycles. The average molecular weight is 846 g/mol. The number of nitrogens with zero attached hydrogens (tertiary/aromatic N) is 1. The lowest BCUT2D eigenvalue weighted by atomic mass is 10.0. The van der Waals surface area contributed by atoms with Crippen molar-refractivity contribution in [1.29, 1.82) is 0 Å². The molecule has 2 unspecified atom stereocenters. The summed E-state index contributed by atoms with van der Waals surface area (Å²) in [5, 5.41) is 0. The minimum Gasteiger partial charge on any atom is -0.756 e. The summed E-state index contributed by atoms with van der Waals surface area (Å²) < 4.78 is 34.8. The Morgan fingerprint density at radius 1 is 0.534 bits per heavy atom. The molecule has 1 rings (SSSR count). The minimum atomic E-state index is -4.63. The van der Waals surface area contributed by atoms with Crippen LogP contribution in [0, 0.1) is 0 Å². The van der Waals surface area contributed by atoms with Crippen molar-refractivity contribution in [3.63, 3.8) is 0 Å². The van der Waals surface area contributed by atoms with Crippen LogP contribution in [0.4, 0.5) is 0 Å². The minimum absolute atomic E-state index is 0. The largest absolute Gasteiger partial charge is 0.756 e. The molecule has 1 saturated heterocycles. The second kappa shape index (κ2) is 40.1. The van der Waals surface area contributed by atoms with Gasteiger partial charge < -0.3 is 27.9 Å². The van der Waals surface area contributed by atoms with Gasteiger partial charge in [0.25, 0.3) is 7.82 Å². The van der Waals surface area contributed by atoms with Gasteiger partial charge in [-0.1, -0.05) is 201 Å². The van der Waals surface area contributed by atoms with Gasteiger partial charge in [0.1, 0.15) is 19.8 Å². The van der Waals surface area contributed by atoms with Crippen LogP contribution in [0.2, 0.25) is 0 Å². The number of hydrogen-bond donors (Lipinski definition) is 0. The molecule has 1 aliphatic rings. The Labute approximate surface area is 359 Å². The van der Waals surface area contributed by atoms with Crippen molar-refractivity contribution in [2.24, 2.45) is 0 Å². The van der Waals surface area contributed by atoms with Crippen LogP contribution in [-0.2, 0) is 32.7 Å². The van der Waals surface area contributed by atoms with Crippen molar-refractivity contribution in [3.05, 3.63) is 0 Å². The van der Waals surface area contributed by atoms with Crippen LogP contribution < -0.4 is 4.89 Å². The van der Waals surface area contributed by atoms with E-state index in [-0.39, 0.29) is 33.0 Å². The number of esters is 2. The van der Waals surface area contributed by atoms with Crippen LogP contribution in [0.5, 0.6) is 0 Å². The smallest absolute Gasteiger partial charge is 0.306 e. The number of unbranched alkanes of at least 4 members (excludes halogenated alkanes) is 28. The first-order chi connectivity index (χ1) is 27.7. The third-order valence-corrected chi connectivity index (χ3v) is 12.9. The fraction of sp³-hybridized carbons (Fsp3) is 0.958. The molecule has 10 heteroatoms. The Balaban J connectivity index is 0.0000325. The molecule has 2 atom stereocenters. The lowest BCUT2D eigenvalue weighted by Crippen LogP contribution is -2.49. The highest BCUT2D eigenvalue weighted by atomic mass is 31.2. The van der Waals surface area contributed by atoms with Gasteiger partial charge in [0.2, 0.25) is 0 Å². The van der Waals surface area contributed by atoms with Crippen LogP contribution in [0.15, 0.2) is 0 Å². The topological polar surface area (TPSA) is 111 Å². The molecule has 9 nitrogen and oxygen atoms in total. The summed E-state index contributed by atoms with van der Waals surface area (Å²) in [6.07, 6.45) is 40.5. The summed E-state index contributed by atoms with van der Waals surface area (Å²) in [5.74, 6) is -0.797. The van der Waals surface area contributed by atoms with Gasteiger partial charge in [0.05, 0.1) is 26.7 Å². The molecule has 0 amide bonds. The molecule has 0 aliphatic carbocycles. The van der Waals surface area contributed by atoms with Crippen LogP contribution in [0.25, 0.3) is 0 Å². The third-order valence-electron chi connectivity index (χ3n) is 11.9. The number of carbonyl (C=O) groups excluding carboxylic acids is 2. The summed E-state index contributed by atoms with van der Waals surface area (Å²) >= 11 is 0. The van der Waals surface area contributed by atoms with E-state index >= 15 is 0 Å². The zero-order chi connectivity index (χ0) is 41.6. The molecule has 346 valence electrons. The monoisotopic (exact) mass is 846 g/mol. The first-order valence-corrected chi connectivity index (χ1v) is 25.9. The van der Waals surface area contributed by atoms with E-state index in [1.807, 2.05) is 0 Å². The van der Waals surface area contributed by atoms with Crippen molar-refractivity contribution in [2.45, 2.75) is 252 Å². The Morgan fingerprint density at radius 2 is 0.897 bits per heavy atom. The van der Waals surface area contributed by atoms with Crippen LogP contribution >= 0.6 is 7.82 Å². The van der Waals surface area contributed by atoms with E-state index in [0.29, 0.717) is 19.4 Å². The van der Waals surface area contributed by atoms with Gasteiger partial charge in [-0.2, -0.15) is 0 Å². The van der Waals surface area contributed by atoms with E-state index in [9.17, 15) is 19.0 Å². The van der Waals surface area contributed by atoms with Crippen LogP contribution in [0.1, 0.15) is 246 Å². The first-order valence-electron chi connectivity index (χ1n) is 24.5. The van der Waals surface area contributed by atoms with E-state index < -0.39 is 26.5 Å². The fourth-order valence-electron chi connectivity index (χ4n) is 7.98. The zero-order valence-electron chi connectivity index (χ0n) is 37.7. The number of hydrogen-bond acceptors (Lipinski definition) is 8. The predicted octanol–water partition coefficient (Wildman–Crippen LogP) is 13.7. The lowest BCUT2D eigenvalue weighted by Gasteiger charge is -2.38. The zero-order valence-corrected chi connectivity index (χ0v) is 38.6. The van der Waals surface area contributed by atoms with E-state index in [2.05, 4.69) is 20.9 Å². The standard InChI is InChI=1S/C47H92NO8P.CH4/c1-4-6-8-10-12-14-16-18-20-22-24-26-28-30-33-37-46(49)53-43-45(44-55-57(51,52)54-42-41-48(3)39-35-32-36-40-48)56-47(50)38-34-31-29-27-25-23-21-19-17-15-13-11-9-7-5-2;/h45H,4-44H2,1-3H3;1H4. The average Bonchev–Trinajstić information content (AvgIpc) is 3.19. The number of likely N-dealkylation sites (N-methyl/N-ethyl adjacent to an activating group) is 1. The summed E-state index contributed by atoms with van der Waals surface area (Å²) in [6.45, 7) is 6.49. The molecule has 0 saturated carbocycles. The SMILES string of the molecule is C.CCCCCCCCCCCCCCCCCC(=O)OCC(COP(=O)([O-])OCC[N+]1(C)CCCCC1)OC(=O)CCCCCCCCCCCCCCCCC. The van der Waals surface area contributed by atoms with Gasteiger partial charge in [-0.25, -0.2) is 0 Å². The van der Waals surface area contributed by atoms with Gasteiger partial charge in [-0.15, -0.1) is 0 Å². The fourth-order valence-corrected chi connectivity index (χ4v) is 8.71. The second-order valence-electron chi connectivity index (χ2n) is 17.6. The predicted molar refractivity (Wildman–Crippen MR) is 241 cm³/mol. The van der Waals surface area contributed by atoms with Crippen molar-refractivity contribution >= 4 is 19.8 Å². The Bertz CT molecular complexity index is 975. The maximum Gasteiger partial charge on any atom is 0.306 e. The Hall–Kier alpha value is -0.990. The number of ether oxygens (including phenoxy) is 2. The van der Waals surface area contributed by atoms with Gasteiger partial charge >= 0.3 is 11.9 Å². The Kier molecular flexibility index (Phi) is 39.4. The highest BCUT2D eigenvalue weighted by Crippen LogP contribution is 2.38. The molecule has 0 aromatic rings. The molecule has 0 radical (unpaired) electrons. The summed E-state index contributed by atoms with van der Waals surface area (Å²) in [6, 6.07) is 0. The molecule has 0 N–H and O–H groups in total. The number of quaternary nitrogens is 1. The van der Waals surface area contributed by atoms with Gasteiger partial charge in [-0.3, -0.25) is 14.2 Å². The van der Waals surface area contributed by atoms with E-state index in [0.717, 1.165) is 62.5 Å². The summed E-state index contributed by atoms with van der Waals surface area (Å²) in [7, 11) is -2.50. The number of piperidine rings is 1. The molecular weight excluding hydrogens is 750 g/mol. The van der Waals surface area contributed by atoms with Crippen LogP contribution in [0.3, 0.4) is 0 Å². The first kappa shape index (κ1) is 57.0. The third kappa shape index (κ3) is 36.8. The molecule has 1 heterocycles. The maximum atomic E-state index is 12.8. The Morgan fingerprint density at radius 3 is 1.29 bits per heavy atom. The number of likely N-dealkylation sites (tertiary alicyclic amines) is 1.